The Morgan fingerprint density at radius 3 is 2.56 bits per heavy atom. The van der Waals surface area contributed by atoms with Crippen molar-refractivity contribution in [2.75, 3.05) is 20.8 Å². The summed E-state index contributed by atoms with van der Waals surface area (Å²) in [4.78, 5) is 26.3. The van der Waals surface area contributed by atoms with Gasteiger partial charge in [-0.15, -0.1) is 0 Å². The first kappa shape index (κ1) is 17.4. The molecule has 1 aliphatic heterocycles. The highest BCUT2D eigenvalue weighted by molar-refractivity contribution is 8.18. The van der Waals surface area contributed by atoms with E-state index in [9.17, 15) is 9.59 Å². The van der Waals surface area contributed by atoms with Crippen molar-refractivity contribution in [1.29, 1.82) is 0 Å². The lowest BCUT2D eigenvalue weighted by Crippen LogP contribution is -2.28. The molecule has 0 spiro atoms. The topological polar surface area (TPSA) is 55.8 Å². The number of imide groups is 1. The van der Waals surface area contributed by atoms with Crippen molar-refractivity contribution in [2.45, 2.75) is 13.3 Å². The molecule has 1 heterocycles. The summed E-state index contributed by atoms with van der Waals surface area (Å²) in [5.74, 6) is 1.11. The first-order valence-corrected chi connectivity index (χ1v) is 8.80. The number of nitrogens with zero attached hydrogens (tertiary/aromatic N) is 1. The summed E-state index contributed by atoms with van der Waals surface area (Å²) < 4.78 is 10.8. The van der Waals surface area contributed by atoms with Crippen LogP contribution < -0.4 is 9.47 Å². The number of fused-ring (bicyclic) bond motifs is 1. The Balaban J connectivity index is 2.14. The molecule has 0 unspecified atom stereocenters. The van der Waals surface area contributed by atoms with Crippen LogP contribution in [0.4, 0.5) is 4.79 Å². The van der Waals surface area contributed by atoms with E-state index in [2.05, 4.69) is 0 Å². The van der Waals surface area contributed by atoms with E-state index in [4.69, 9.17) is 9.47 Å². The number of carbonyl (C=O) groups excluding carboxylic acids is 2. The van der Waals surface area contributed by atoms with Gasteiger partial charge in [-0.05, 0) is 53.2 Å². The number of amides is 2. The minimum atomic E-state index is -0.251. The van der Waals surface area contributed by atoms with Gasteiger partial charge < -0.3 is 9.47 Å². The lowest BCUT2D eigenvalue weighted by molar-refractivity contribution is -0.122. The van der Waals surface area contributed by atoms with Gasteiger partial charge in [-0.25, -0.2) is 0 Å². The maximum atomic E-state index is 12.5. The second-order valence-electron chi connectivity index (χ2n) is 5.60. The Morgan fingerprint density at radius 1 is 1.12 bits per heavy atom. The fraction of sp³-hybridized carbons (Fsp3) is 0.263. The van der Waals surface area contributed by atoms with Crippen LogP contribution in [0.2, 0.25) is 0 Å². The lowest BCUT2D eigenvalue weighted by atomic mass is 10.0. The van der Waals surface area contributed by atoms with E-state index in [-0.39, 0.29) is 11.1 Å². The van der Waals surface area contributed by atoms with Gasteiger partial charge in [0, 0.05) is 12.1 Å². The molecule has 3 rings (SSSR count). The van der Waals surface area contributed by atoms with Crippen LogP contribution in [-0.4, -0.2) is 36.8 Å². The predicted octanol–water partition coefficient (Wildman–Crippen LogP) is 4.30. The number of benzene rings is 2. The molecule has 5 nitrogen and oxygen atoms in total. The number of carbonyl (C=O) groups is 2. The molecule has 1 fully saturated rings. The van der Waals surface area contributed by atoms with Gasteiger partial charge in [-0.3, -0.25) is 14.5 Å². The summed E-state index contributed by atoms with van der Waals surface area (Å²) in [6.45, 7) is 2.37. The molecule has 0 aliphatic carbocycles. The average Bonchev–Trinajstić information content (AvgIpc) is 2.89. The zero-order valence-corrected chi connectivity index (χ0v) is 15.2. The maximum Gasteiger partial charge on any atom is 0.293 e. The highest BCUT2D eigenvalue weighted by Gasteiger charge is 2.34. The quantitative estimate of drug-likeness (QED) is 0.747. The Kier molecular flexibility index (Phi) is 4.99. The van der Waals surface area contributed by atoms with E-state index in [1.165, 1.54) is 4.90 Å². The zero-order chi connectivity index (χ0) is 18.0. The van der Waals surface area contributed by atoms with Crippen molar-refractivity contribution in [3.8, 4) is 11.5 Å². The normalized spacial score (nSPS) is 16.1. The molecular formula is C19H19NO4S. The van der Waals surface area contributed by atoms with Crippen molar-refractivity contribution < 1.29 is 19.1 Å². The Morgan fingerprint density at radius 2 is 1.88 bits per heavy atom. The summed E-state index contributed by atoms with van der Waals surface area (Å²) in [5, 5.41) is 1.68. The van der Waals surface area contributed by atoms with Crippen molar-refractivity contribution in [3.05, 3.63) is 40.8 Å². The van der Waals surface area contributed by atoms with Gasteiger partial charge in [0.25, 0.3) is 11.1 Å². The number of rotatable bonds is 5. The Hall–Kier alpha value is -2.47. The SMILES string of the molecule is CCCN1C(=O)S/C(=C\c2c(OC)ccc3ccc(OC)cc23)C1=O. The molecule has 0 atom stereocenters. The van der Waals surface area contributed by atoms with Gasteiger partial charge in [-0.2, -0.15) is 0 Å². The molecule has 0 N–H and O–H groups in total. The van der Waals surface area contributed by atoms with Crippen LogP contribution in [0.3, 0.4) is 0 Å². The van der Waals surface area contributed by atoms with Gasteiger partial charge in [0.1, 0.15) is 11.5 Å². The predicted molar refractivity (Wildman–Crippen MR) is 100 cm³/mol. The van der Waals surface area contributed by atoms with E-state index >= 15 is 0 Å². The smallest absolute Gasteiger partial charge is 0.293 e. The standard InChI is InChI=1S/C19H19NO4S/c1-4-9-20-18(21)17(25-19(20)22)11-15-14-10-13(23-2)7-5-12(14)6-8-16(15)24-3/h5-8,10-11H,4,9H2,1-3H3/b17-11-. The summed E-state index contributed by atoms with van der Waals surface area (Å²) >= 11 is 0.966. The highest BCUT2D eigenvalue weighted by Crippen LogP contribution is 2.37. The Labute approximate surface area is 150 Å². The van der Waals surface area contributed by atoms with Crippen LogP contribution in [0.5, 0.6) is 11.5 Å². The third kappa shape index (κ3) is 3.22. The number of hydrogen-bond acceptors (Lipinski definition) is 5. The fourth-order valence-electron chi connectivity index (χ4n) is 2.80. The molecule has 130 valence electrons. The molecule has 2 aromatic carbocycles. The van der Waals surface area contributed by atoms with E-state index in [0.717, 1.165) is 40.3 Å². The second-order valence-corrected chi connectivity index (χ2v) is 6.60. The molecule has 1 saturated heterocycles. The summed E-state index contributed by atoms with van der Waals surface area (Å²) in [6.07, 6.45) is 2.47. The van der Waals surface area contributed by atoms with Gasteiger partial charge in [0.05, 0.1) is 19.1 Å². The molecular weight excluding hydrogens is 338 g/mol. The summed E-state index contributed by atoms with van der Waals surface area (Å²) in [6, 6.07) is 9.55. The zero-order valence-electron chi connectivity index (χ0n) is 14.4. The van der Waals surface area contributed by atoms with Gasteiger partial charge >= 0.3 is 0 Å². The van der Waals surface area contributed by atoms with Crippen molar-refractivity contribution >= 4 is 39.8 Å². The number of methoxy groups -OCH3 is 2. The van der Waals surface area contributed by atoms with Crippen LogP contribution in [-0.2, 0) is 4.79 Å². The lowest BCUT2D eigenvalue weighted by Gasteiger charge is -2.11. The number of hydrogen-bond donors (Lipinski definition) is 0. The third-order valence-electron chi connectivity index (χ3n) is 4.05. The number of thioether (sulfide) groups is 1. The Bertz CT molecular complexity index is 870. The molecule has 2 aromatic rings. The van der Waals surface area contributed by atoms with Gasteiger partial charge in [0.15, 0.2) is 0 Å². The monoisotopic (exact) mass is 357 g/mol. The molecule has 6 heteroatoms. The first-order valence-electron chi connectivity index (χ1n) is 7.99. The van der Waals surface area contributed by atoms with Crippen LogP contribution in [0, 0.1) is 0 Å². The van der Waals surface area contributed by atoms with E-state index in [1.807, 2.05) is 37.3 Å². The largest absolute Gasteiger partial charge is 0.497 e. The van der Waals surface area contributed by atoms with E-state index in [0.29, 0.717) is 17.2 Å². The van der Waals surface area contributed by atoms with Crippen molar-refractivity contribution in [2.24, 2.45) is 0 Å². The van der Waals surface area contributed by atoms with Gasteiger partial charge in [0.2, 0.25) is 0 Å². The van der Waals surface area contributed by atoms with E-state index < -0.39 is 0 Å². The molecule has 1 aliphatic rings. The van der Waals surface area contributed by atoms with Crippen LogP contribution in [0.1, 0.15) is 18.9 Å². The van der Waals surface area contributed by atoms with Crippen molar-refractivity contribution in [1.82, 2.24) is 4.90 Å². The summed E-state index contributed by atoms with van der Waals surface area (Å²) in [7, 11) is 3.19. The maximum absolute atomic E-state index is 12.5. The van der Waals surface area contributed by atoms with Crippen LogP contribution in [0.25, 0.3) is 16.8 Å². The molecule has 25 heavy (non-hydrogen) atoms. The summed E-state index contributed by atoms with van der Waals surface area (Å²) in [5.41, 5.74) is 0.765. The molecule has 0 saturated carbocycles. The second kappa shape index (κ2) is 7.19. The minimum absolute atomic E-state index is 0.227. The van der Waals surface area contributed by atoms with Crippen LogP contribution in [0.15, 0.2) is 35.2 Å². The fourth-order valence-corrected chi connectivity index (χ4v) is 3.65. The van der Waals surface area contributed by atoms with Gasteiger partial charge in [-0.1, -0.05) is 19.1 Å². The molecule has 2 amide bonds. The van der Waals surface area contributed by atoms with Crippen molar-refractivity contribution in [3.63, 3.8) is 0 Å². The molecule has 0 aromatic heterocycles. The third-order valence-corrected chi connectivity index (χ3v) is 4.95. The minimum Gasteiger partial charge on any atom is -0.497 e. The average molecular weight is 357 g/mol. The number of ether oxygens (including phenoxy) is 2. The highest BCUT2D eigenvalue weighted by atomic mass is 32.2. The first-order chi connectivity index (χ1) is 12.1. The van der Waals surface area contributed by atoms with E-state index in [1.54, 1.807) is 20.3 Å². The van der Waals surface area contributed by atoms with Crippen LogP contribution >= 0.6 is 11.8 Å². The molecule has 0 radical (unpaired) electrons. The molecule has 0 bridgehead atoms.